The van der Waals surface area contributed by atoms with Crippen molar-refractivity contribution in [2.75, 3.05) is 0 Å². The predicted octanol–water partition coefficient (Wildman–Crippen LogP) is 5.32. The van der Waals surface area contributed by atoms with Crippen LogP contribution in [0.25, 0.3) is 10.9 Å². The fourth-order valence-corrected chi connectivity index (χ4v) is 4.72. The summed E-state index contributed by atoms with van der Waals surface area (Å²) in [5, 5.41) is 1.40. The molecule has 5 rings (SSSR count). The van der Waals surface area contributed by atoms with Crippen LogP contribution in [0.4, 0.5) is 0 Å². The Labute approximate surface area is 144 Å². The molecule has 0 saturated heterocycles. The van der Waals surface area contributed by atoms with E-state index in [4.69, 9.17) is 0 Å². The summed E-state index contributed by atoms with van der Waals surface area (Å²) < 4.78 is 1.17. The van der Waals surface area contributed by atoms with Crippen LogP contribution in [0.1, 0.15) is 41.3 Å². The average molecular weight is 367 g/mol. The number of hydrogen-bond donors (Lipinski definition) is 1. The lowest BCUT2D eigenvalue weighted by Gasteiger charge is -2.31. The van der Waals surface area contributed by atoms with Gasteiger partial charge < -0.3 is 4.98 Å². The molecule has 0 saturated carbocycles. The standard InChI is InChI=1S/C20H19BrN2/c21-15-8-9-18-17(10-15)16-6-3-7-19(20(16)22-18)23-11-13-4-1-2-5-14(13)12-23/h1-2,4-5,8-10,19,22H,3,6-7,11-12H2. The third-order valence-corrected chi connectivity index (χ3v) is 5.94. The molecular weight excluding hydrogens is 348 g/mol. The molecule has 1 N–H and O–H groups in total. The SMILES string of the molecule is Brc1ccc2[nH]c3c(c2c1)CCCC3N1Cc2ccccc2C1. The molecule has 0 amide bonds. The maximum Gasteiger partial charge on any atom is 0.0508 e. The van der Waals surface area contributed by atoms with Crippen molar-refractivity contribution in [2.45, 2.75) is 38.4 Å². The van der Waals surface area contributed by atoms with Gasteiger partial charge in [-0.15, -0.1) is 0 Å². The van der Waals surface area contributed by atoms with Gasteiger partial charge in [0, 0.05) is 34.2 Å². The van der Waals surface area contributed by atoms with Gasteiger partial charge in [0.05, 0.1) is 6.04 Å². The molecule has 1 aromatic heterocycles. The first kappa shape index (κ1) is 13.8. The Hall–Kier alpha value is -1.58. The van der Waals surface area contributed by atoms with Crippen molar-refractivity contribution >= 4 is 26.8 Å². The number of nitrogens with one attached hydrogen (secondary N) is 1. The number of aromatic nitrogens is 1. The number of halogens is 1. The summed E-state index contributed by atoms with van der Waals surface area (Å²) in [5.74, 6) is 0. The summed E-state index contributed by atoms with van der Waals surface area (Å²) >= 11 is 3.62. The number of aromatic amines is 1. The van der Waals surface area contributed by atoms with E-state index in [9.17, 15) is 0 Å². The smallest absolute Gasteiger partial charge is 0.0508 e. The van der Waals surface area contributed by atoms with Gasteiger partial charge in [-0.3, -0.25) is 4.90 Å². The highest BCUT2D eigenvalue weighted by molar-refractivity contribution is 9.10. The van der Waals surface area contributed by atoms with Crippen molar-refractivity contribution in [1.29, 1.82) is 0 Å². The number of nitrogens with zero attached hydrogens (tertiary/aromatic N) is 1. The van der Waals surface area contributed by atoms with Gasteiger partial charge in [-0.05, 0) is 54.2 Å². The molecule has 2 heterocycles. The molecule has 1 aliphatic heterocycles. The van der Waals surface area contributed by atoms with Gasteiger partial charge in [0.15, 0.2) is 0 Å². The van der Waals surface area contributed by atoms with Crippen molar-refractivity contribution in [3.05, 3.63) is 69.3 Å². The molecule has 2 nitrogen and oxygen atoms in total. The second kappa shape index (κ2) is 5.22. The largest absolute Gasteiger partial charge is 0.357 e. The molecule has 0 radical (unpaired) electrons. The van der Waals surface area contributed by atoms with Crippen LogP contribution in [-0.2, 0) is 19.5 Å². The van der Waals surface area contributed by atoms with E-state index in [0.29, 0.717) is 6.04 Å². The summed E-state index contributed by atoms with van der Waals surface area (Å²) in [5.41, 5.74) is 7.27. The van der Waals surface area contributed by atoms with E-state index in [1.165, 1.54) is 57.0 Å². The van der Waals surface area contributed by atoms with Crippen LogP contribution in [0.2, 0.25) is 0 Å². The molecule has 2 aromatic carbocycles. The Bertz CT molecular complexity index is 871. The first-order valence-corrected chi connectivity index (χ1v) is 9.20. The summed E-state index contributed by atoms with van der Waals surface area (Å²) in [6.45, 7) is 2.17. The highest BCUT2D eigenvalue weighted by Crippen LogP contribution is 2.41. The van der Waals surface area contributed by atoms with Crippen molar-refractivity contribution in [2.24, 2.45) is 0 Å². The molecule has 0 spiro atoms. The van der Waals surface area contributed by atoms with E-state index in [-0.39, 0.29) is 0 Å². The van der Waals surface area contributed by atoms with E-state index in [1.807, 2.05) is 0 Å². The summed E-state index contributed by atoms with van der Waals surface area (Å²) in [6.07, 6.45) is 3.74. The minimum Gasteiger partial charge on any atom is -0.357 e. The minimum atomic E-state index is 0.525. The van der Waals surface area contributed by atoms with E-state index in [2.05, 4.69) is 68.3 Å². The van der Waals surface area contributed by atoms with Crippen molar-refractivity contribution in [3.8, 4) is 0 Å². The molecule has 1 atom stereocenters. The monoisotopic (exact) mass is 366 g/mol. The van der Waals surface area contributed by atoms with Crippen LogP contribution < -0.4 is 0 Å². The Morgan fingerprint density at radius 3 is 2.61 bits per heavy atom. The Balaban J connectivity index is 1.57. The number of rotatable bonds is 1. The highest BCUT2D eigenvalue weighted by atomic mass is 79.9. The molecule has 23 heavy (non-hydrogen) atoms. The quantitative estimate of drug-likeness (QED) is 0.617. The molecule has 3 aromatic rings. The molecule has 0 bridgehead atoms. The first-order chi connectivity index (χ1) is 11.3. The predicted molar refractivity (Wildman–Crippen MR) is 97.4 cm³/mol. The highest BCUT2D eigenvalue weighted by Gasteiger charge is 2.32. The first-order valence-electron chi connectivity index (χ1n) is 8.40. The average Bonchev–Trinajstić information content (AvgIpc) is 3.15. The van der Waals surface area contributed by atoms with Crippen molar-refractivity contribution in [3.63, 3.8) is 0 Å². The second-order valence-corrected chi connectivity index (χ2v) is 7.70. The third-order valence-electron chi connectivity index (χ3n) is 5.44. The molecule has 116 valence electrons. The zero-order chi connectivity index (χ0) is 15.4. The molecule has 1 unspecified atom stereocenters. The Kier molecular flexibility index (Phi) is 3.14. The van der Waals surface area contributed by atoms with Crippen molar-refractivity contribution in [1.82, 2.24) is 9.88 Å². The molecule has 2 aliphatic rings. The second-order valence-electron chi connectivity index (χ2n) is 6.79. The summed E-state index contributed by atoms with van der Waals surface area (Å²) in [7, 11) is 0. The Morgan fingerprint density at radius 1 is 1.04 bits per heavy atom. The topological polar surface area (TPSA) is 19.0 Å². The normalized spacial score (nSPS) is 20.7. The Morgan fingerprint density at radius 2 is 1.83 bits per heavy atom. The van der Waals surface area contributed by atoms with Gasteiger partial charge >= 0.3 is 0 Å². The lowest BCUT2D eigenvalue weighted by molar-refractivity contribution is 0.177. The lowest BCUT2D eigenvalue weighted by atomic mass is 9.91. The van der Waals surface area contributed by atoms with Crippen molar-refractivity contribution < 1.29 is 0 Å². The van der Waals surface area contributed by atoms with E-state index < -0.39 is 0 Å². The lowest BCUT2D eigenvalue weighted by Crippen LogP contribution is -2.26. The van der Waals surface area contributed by atoms with Crippen LogP contribution in [0.15, 0.2) is 46.9 Å². The summed E-state index contributed by atoms with van der Waals surface area (Å²) in [4.78, 5) is 6.38. The van der Waals surface area contributed by atoms with Gasteiger partial charge in [-0.1, -0.05) is 40.2 Å². The fourth-order valence-electron chi connectivity index (χ4n) is 4.36. The van der Waals surface area contributed by atoms with Crippen LogP contribution in [-0.4, -0.2) is 9.88 Å². The summed E-state index contributed by atoms with van der Waals surface area (Å²) in [6, 6.07) is 16.0. The van der Waals surface area contributed by atoms with Gasteiger partial charge in [0.1, 0.15) is 0 Å². The number of hydrogen-bond acceptors (Lipinski definition) is 1. The van der Waals surface area contributed by atoms with Gasteiger partial charge in [0.2, 0.25) is 0 Å². The maximum atomic E-state index is 3.73. The van der Waals surface area contributed by atoms with Gasteiger partial charge in [-0.25, -0.2) is 0 Å². The molecule has 1 aliphatic carbocycles. The van der Waals surface area contributed by atoms with Crippen LogP contribution in [0.5, 0.6) is 0 Å². The van der Waals surface area contributed by atoms with E-state index in [1.54, 1.807) is 0 Å². The number of aryl methyl sites for hydroxylation is 1. The number of H-pyrrole nitrogens is 1. The van der Waals surface area contributed by atoms with Gasteiger partial charge in [-0.2, -0.15) is 0 Å². The van der Waals surface area contributed by atoms with Gasteiger partial charge in [0.25, 0.3) is 0 Å². The minimum absolute atomic E-state index is 0.525. The van der Waals surface area contributed by atoms with E-state index in [0.717, 1.165) is 13.1 Å². The molecular formula is C20H19BrN2. The molecule has 0 fully saturated rings. The van der Waals surface area contributed by atoms with Crippen LogP contribution in [0, 0.1) is 0 Å². The third kappa shape index (κ3) is 2.18. The fraction of sp³-hybridized carbons (Fsp3) is 0.300. The zero-order valence-corrected chi connectivity index (χ0v) is 14.6. The zero-order valence-electron chi connectivity index (χ0n) is 13.0. The number of fused-ring (bicyclic) bond motifs is 4. The van der Waals surface area contributed by atoms with Crippen LogP contribution in [0.3, 0.4) is 0 Å². The maximum absolute atomic E-state index is 3.73. The number of benzene rings is 2. The van der Waals surface area contributed by atoms with Crippen LogP contribution >= 0.6 is 15.9 Å². The van der Waals surface area contributed by atoms with E-state index >= 15 is 0 Å². The molecule has 3 heteroatoms.